The maximum Gasteiger partial charge on any atom is 0.191 e. The van der Waals surface area contributed by atoms with Crippen molar-refractivity contribution < 1.29 is 4.74 Å². The number of morpholine rings is 1. The van der Waals surface area contributed by atoms with Crippen LogP contribution in [0.4, 0.5) is 0 Å². The maximum atomic E-state index is 5.59. The van der Waals surface area contributed by atoms with Crippen molar-refractivity contribution in [2.45, 2.75) is 57.5 Å². The van der Waals surface area contributed by atoms with Gasteiger partial charge in [-0.15, -0.1) is 0 Å². The van der Waals surface area contributed by atoms with Crippen LogP contribution in [0.25, 0.3) is 0 Å². The van der Waals surface area contributed by atoms with E-state index < -0.39 is 0 Å². The highest BCUT2D eigenvalue weighted by atomic mass is 32.2. The van der Waals surface area contributed by atoms with Crippen LogP contribution < -0.4 is 10.6 Å². The number of guanidine groups is 1. The quantitative estimate of drug-likeness (QED) is 0.494. The van der Waals surface area contributed by atoms with Gasteiger partial charge in [-0.05, 0) is 58.9 Å². The standard InChI is InChI=1S/C21H41N5OS/c1-4-22-19(23-16-20(2,3)25-9-6-5-7-10-25)24-17-21(8-15-28-18-21)26-11-13-27-14-12-26/h4-18H2,1-3H3,(H2,22,23,24). The molecule has 0 radical (unpaired) electrons. The van der Waals surface area contributed by atoms with Gasteiger partial charge < -0.3 is 15.4 Å². The van der Waals surface area contributed by atoms with E-state index in [0.29, 0.717) is 0 Å². The largest absolute Gasteiger partial charge is 0.379 e. The number of likely N-dealkylation sites (tertiary alicyclic amines) is 1. The molecule has 0 aromatic heterocycles. The smallest absolute Gasteiger partial charge is 0.191 e. The summed E-state index contributed by atoms with van der Waals surface area (Å²) in [5, 5.41) is 7.17. The van der Waals surface area contributed by atoms with E-state index in [9.17, 15) is 0 Å². The first-order chi connectivity index (χ1) is 13.6. The fourth-order valence-electron chi connectivity index (χ4n) is 4.60. The summed E-state index contributed by atoms with van der Waals surface area (Å²) in [6.45, 7) is 15.8. The molecule has 0 bridgehead atoms. The van der Waals surface area contributed by atoms with Gasteiger partial charge >= 0.3 is 0 Å². The monoisotopic (exact) mass is 411 g/mol. The van der Waals surface area contributed by atoms with Crippen molar-refractivity contribution in [2.24, 2.45) is 4.99 Å². The van der Waals surface area contributed by atoms with Gasteiger partial charge in [-0.25, -0.2) is 0 Å². The molecule has 3 aliphatic rings. The number of nitrogens with zero attached hydrogens (tertiary/aromatic N) is 3. The van der Waals surface area contributed by atoms with Gasteiger partial charge in [-0.1, -0.05) is 6.42 Å². The van der Waals surface area contributed by atoms with E-state index in [1.165, 1.54) is 50.3 Å². The first-order valence-electron chi connectivity index (χ1n) is 11.2. The molecule has 3 fully saturated rings. The molecular formula is C21H41N5OS. The second kappa shape index (κ2) is 10.5. The summed E-state index contributed by atoms with van der Waals surface area (Å²) < 4.78 is 5.59. The molecule has 162 valence electrons. The lowest BCUT2D eigenvalue weighted by Crippen LogP contribution is -2.60. The number of aliphatic imine (C=N–C) groups is 1. The molecule has 0 spiro atoms. The SMILES string of the molecule is CCNC(=NCC(C)(C)N1CCCCC1)NCC1(N2CCOCC2)CCSC1. The predicted octanol–water partition coefficient (Wildman–Crippen LogP) is 2.01. The Morgan fingerprint density at radius 2 is 1.86 bits per heavy atom. The highest BCUT2D eigenvalue weighted by Gasteiger charge is 2.40. The van der Waals surface area contributed by atoms with Crippen molar-refractivity contribution in [3.05, 3.63) is 0 Å². The van der Waals surface area contributed by atoms with Crippen LogP contribution in [0.2, 0.25) is 0 Å². The number of ether oxygens (including phenoxy) is 1. The number of piperidine rings is 1. The topological polar surface area (TPSA) is 52.1 Å². The van der Waals surface area contributed by atoms with Gasteiger partial charge in [0.05, 0.1) is 19.8 Å². The summed E-state index contributed by atoms with van der Waals surface area (Å²) in [6, 6.07) is 0. The average Bonchev–Trinajstić information content (AvgIpc) is 3.22. The van der Waals surface area contributed by atoms with Crippen molar-refractivity contribution in [3.8, 4) is 0 Å². The number of nitrogens with one attached hydrogen (secondary N) is 2. The highest BCUT2D eigenvalue weighted by Crippen LogP contribution is 2.33. The molecule has 6 nitrogen and oxygen atoms in total. The molecule has 3 aliphatic heterocycles. The first-order valence-corrected chi connectivity index (χ1v) is 12.4. The van der Waals surface area contributed by atoms with Crippen LogP contribution in [0, 0.1) is 0 Å². The molecule has 0 saturated carbocycles. The number of hydrogen-bond donors (Lipinski definition) is 2. The molecule has 3 saturated heterocycles. The number of rotatable bonds is 7. The molecule has 3 rings (SSSR count). The molecule has 28 heavy (non-hydrogen) atoms. The first kappa shape index (κ1) is 22.2. The summed E-state index contributed by atoms with van der Waals surface area (Å²) in [7, 11) is 0. The van der Waals surface area contributed by atoms with Crippen molar-refractivity contribution in [3.63, 3.8) is 0 Å². The van der Waals surface area contributed by atoms with Crippen LogP contribution in [0.5, 0.6) is 0 Å². The third-order valence-electron chi connectivity index (χ3n) is 6.53. The molecule has 2 N–H and O–H groups in total. The molecule has 7 heteroatoms. The van der Waals surface area contributed by atoms with E-state index in [0.717, 1.165) is 51.9 Å². The van der Waals surface area contributed by atoms with Crippen LogP contribution >= 0.6 is 11.8 Å². The van der Waals surface area contributed by atoms with Crippen molar-refractivity contribution in [1.82, 2.24) is 20.4 Å². The van der Waals surface area contributed by atoms with Crippen molar-refractivity contribution in [2.75, 3.05) is 70.5 Å². The minimum atomic E-state index is 0.119. The van der Waals surface area contributed by atoms with Crippen molar-refractivity contribution >= 4 is 17.7 Å². The molecule has 0 aromatic rings. The van der Waals surface area contributed by atoms with E-state index in [1.807, 2.05) is 0 Å². The Kier molecular flexibility index (Phi) is 8.33. The molecule has 0 amide bonds. The van der Waals surface area contributed by atoms with Gasteiger partial charge in [0.25, 0.3) is 0 Å². The number of thioether (sulfide) groups is 1. The maximum absolute atomic E-state index is 5.59. The van der Waals surface area contributed by atoms with Gasteiger partial charge in [0.15, 0.2) is 5.96 Å². The van der Waals surface area contributed by atoms with Crippen LogP contribution in [0.15, 0.2) is 4.99 Å². The zero-order valence-corrected chi connectivity index (χ0v) is 19.1. The van der Waals surface area contributed by atoms with Gasteiger partial charge in [-0.2, -0.15) is 11.8 Å². The Morgan fingerprint density at radius 1 is 1.11 bits per heavy atom. The summed E-state index contributed by atoms with van der Waals surface area (Å²) >= 11 is 2.09. The van der Waals surface area contributed by atoms with E-state index in [4.69, 9.17) is 9.73 Å². The van der Waals surface area contributed by atoms with Crippen LogP contribution in [0.1, 0.15) is 46.5 Å². The summed E-state index contributed by atoms with van der Waals surface area (Å²) in [5.41, 5.74) is 0.362. The van der Waals surface area contributed by atoms with E-state index >= 15 is 0 Å². The average molecular weight is 412 g/mol. The summed E-state index contributed by atoms with van der Waals surface area (Å²) in [4.78, 5) is 10.3. The van der Waals surface area contributed by atoms with Crippen LogP contribution in [-0.4, -0.2) is 97.4 Å². The lowest BCUT2D eigenvalue weighted by molar-refractivity contribution is -0.0120. The Balaban J connectivity index is 1.60. The summed E-state index contributed by atoms with van der Waals surface area (Å²) in [6.07, 6.45) is 5.28. The second-order valence-corrected chi connectivity index (χ2v) is 10.1. The van der Waals surface area contributed by atoms with E-state index in [-0.39, 0.29) is 11.1 Å². The lowest BCUT2D eigenvalue weighted by Gasteiger charge is -2.43. The van der Waals surface area contributed by atoms with E-state index in [1.54, 1.807) is 0 Å². The van der Waals surface area contributed by atoms with Gasteiger partial charge in [0.2, 0.25) is 0 Å². The minimum absolute atomic E-state index is 0.119. The fourth-order valence-corrected chi connectivity index (χ4v) is 6.07. The zero-order valence-electron chi connectivity index (χ0n) is 18.3. The third kappa shape index (κ3) is 5.77. The van der Waals surface area contributed by atoms with Gasteiger partial charge in [-0.3, -0.25) is 14.8 Å². The Bertz CT molecular complexity index is 495. The predicted molar refractivity (Wildman–Crippen MR) is 121 cm³/mol. The molecule has 3 heterocycles. The third-order valence-corrected chi connectivity index (χ3v) is 7.76. The van der Waals surface area contributed by atoms with Crippen molar-refractivity contribution in [1.29, 1.82) is 0 Å². The molecular weight excluding hydrogens is 370 g/mol. The molecule has 1 unspecified atom stereocenters. The molecule has 1 atom stereocenters. The molecule has 0 aromatic carbocycles. The Hall–Kier alpha value is -0.500. The normalized spacial score (nSPS) is 28.5. The van der Waals surface area contributed by atoms with E-state index in [2.05, 4.69) is 53.0 Å². The molecule has 0 aliphatic carbocycles. The van der Waals surface area contributed by atoms with Gasteiger partial charge in [0.1, 0.15) is 0 Å². The second-order valence-electron chi connectivity index (χ2n) is 9.04. The van der Waals surface area contributed by atoms with Gasteiger partial charge in [0, 0.05) is 43.0 Å². The highest BCUT2D eigenvalue weighted by molar-refractivity contribution is 7.99. The fraction of sp³-hybridized carbons (Fsp3) is 0.952. The lowest BCUT2D eigenvalue weighted by atomic mass is 9.95. The Labute approximate surface area is 176 Å². The number of hydrogen-bond acceptors (Lipinski definition) is 5. The minimum Gasteiger partial charge on any atom is -0.379 e. The summed E-state index contributed by atoms with van der Waals surface area (Å²) in [5.74, 6) is 3.44. The van der Waals surface area contributed by atoms with Crippen LogP contribution in [0.3, 0.4) is 0 Å². The van der Waals surface area contributed by atoms with Crippen LogP contribution in [-0.2, 0) is 4.74 Å². The zero-order chi connectivity index (χ0) is 19.9. The Morgan fingerprint density at radius 3 is 2.50 bits per heavy atom.